The lowest BCUT2D eigenvalue weighted by Gasteiger charge is -2.45. The van der Waals surface area contributed by atoms with E-state index in [-0.39, 0.29) is 0 Å². The van der Waals surface area contributed by atoms with Crippen molar-refractivity contribution in [3.8, 4) is 0 Å². The Morgan fingerprint density at radius 2 is 0.221 bits per heavy atom. The molecule has 0 atom stereocenters. The molecule has 0 aliphatic rings. The minimum Gasteiger partial charge on any atom is -0.368 e. The van der Waals surface area contributed by atoms with Gasteiger partial charge in [-0.25, -0.2) is 0 Å². The van der Waals surface area contributed by atoms with Gasteiger partial charge in [0.1, 0.15) is 13.2 Å². The second-order valence-corrected chi connectivity index (χ2v) is 14.4. The SMILES string of the molecule is FC(F)(F)C(F)(F)C(F)(F)C(F)(F)C(F)(F)C(F)(F)C(F)(F)C(F)(F)C(F)(F)C(F)(F)C(F)(F)C(F)(F)COCC(F)(F)C(F)(F)C(F)(F)C(F)(F)C(F)(F)C(F)(F)C(F)(F)C(F)(F)C(F)(F)C(F)(F)C(F)(F)C(F)(F)F. The molecule has 0 aliphatic carbocycles. The summed E-state index contributed by atoms with van der Waals surface area (Å²) in [5, 5.41) is 0. The molecule has 0 amide bonds. The Kier molecular flexibility index (Phi) is 17.2. The van der Waals surface area contributed by atoms with Crippen LogP contribution in [0.5, 0.6) is 0 Å². The molecule has 0 unspecified atom stereocenters. The molecule has 0 radical (unpaired) electrons. The standard InChI is InChI=1S/C26H4F50O/c27-3(28,5(31,32)7(35,36)9(39,40)11(43,44)13(47,48)15(51,52)17(55,56)19(59,60)21(63,64)23(67,68)25(71,72)73)1-77-2-4(29,30)6(33,34)8(37,38)10(41,42)12(45,46)14(49,50)16(53,54)18(57,58)20(61,62)22(65,66)24(69,70)26(74,75)76/h1-2H2. The summed E-state index contributed by atoms with van der Waals surface area (Å²) >= 11 is 0. The van der Waals surface area contributed by atoms with Gasteiger partial charge in [-0.05, 0) is 0 Å². The van der Waals surface area contributed by atoms with Crippen LogP contribution in [0.1, 0.15) is 0 Å². The number of rotatable bonds is 24. The van der Waals surface area contributed by atoms with E-state index in [1.54, 1.807) is 0 Å². The maximum Gasteiger partial charge on any atom is 0.460 e. The highest BCUT2D eigenvalue weighted by atomic mass is 19.5. The Morgan fingerprint density at radius 1 is 0.130 bits per heavy atom. The molecular formula is C26H4F50O. The first-order valence-corrected chi connectivity index (χ1v) is 16.2. The van der Waals surface area contributed by atoms with Gasteiger partial charge in [0, 0.05) is 0 Å². The molecule has 0 rings (SSSR count). The van der Waals surface area contributed by atoms with Gasteiger partial charge in [0.2, 0.25) is 0 Å². The van der Waals surface area contributed by atoms with Crippen LogP contribution in [0.2, 0.25) is 0 Å². The lowest BCUT2D eigenvalue weighted by Crippen LogP contribution is -2.78. The molecule has 51 heteroatoms. The zero-order chi connectivity index (χ0) is 64.1. The zero-order valence-corrected chi connectivity index (χ0v) is 32.7. The zero-order valence-electron chi connectivity index (χ0n) is 32.7. The number of hydrogen-bond acceptors (Lipinski definition) is 1. The third-order valence-electron chi connectivity index (χ3n) is 9.30. The van der Waals surface area contributed by atoms with Gasteiger partial charge in [0.15, 0.2) is 0 Å². The van der Waals surface area contributed by atoms with E-state index in [4.69, 9.17) is 0 Å². The normalized spacial score (nSPS) is 17.4. The van der Waals surface area contributed by atoms with Gasteiger partial charge in [-0.3, -0.25) is 0 Å². The van der Waals surface area contributed by atoms with E-state index in [1.807, 2.05) is 4.74 Å². The summed E-state index contributed by atoms with van der Waals surface area (Å²) in [4.78, 5) is 0. The predicted molar refractivity (Wildman–Crippen MR) is 132 cm³/mol. The molecule has 0 aromatic carbocycles. The number of alkyl halides is 50. The smallest absolute Gasteiger partial charge is 0.368 e. The molecule has 0 spiro atoms. The first kappa shape index (κ1) is 73.5. The molecule has 77 heavy (non-hydrogen) atoms. The molecule has 0 saturated heterocycles. The van der Waals surface area contributed by atoms with Crippen LogP contribution in [0.25, 0.3) is 0 Å². The van der Waals surface area contributed by atoms with Gasteiger partial charge < -0.3 is 4.74 Å². The monoisotopic (exact) mass is 1280 g/mol. The summed E-state index contributed by atoms with van der Waals surface area (Å²) < 4.78 is 678. The average molecular weight is 1280 g/mol. The lowest BCUT2D eigenvalue weighted by atomic mass is 9.84. The van der Waals surface area contributed by atoms with Gasteiger partial charge in [-0.15, -0.1) is 0 Å². The van der Waals surface area contributed by atoms with Crippen molar-refractivity contribution in [2.45, 2.75) is 143 Å². The van der Waals surface area contributed by atoms with Gasteiger partial charge in [-0.2, -0.15) is 220 Å². The van der Waals surface area contributed by atoms with Crippen molar-refractivity contribution in [2.24, 2.45) is 0 Å². The topological polar surface area (TPSA) is 9.23 Å². The Morgan fingerprint density at radius 3 is 0.325 bits per heavy atom. The number of hydrogen-bond donors (Lipinski definition) is 0. The molecule has 0 fully saturated rings. The summed E-state index contributed by atoms with van der Waals surface area (Å²) in [5.41, 5.74) is 0. The summed E-state index contributed by atoms with van der Waals surface area (Å²) in [5.74, 6) is -214. The van der Waals surface area contributed by atoms with Gasteiger partial charge >= 0.3 is 143 Å². The predicted octanol–water partition coefficient (Wildman–Crippen LogP) is 16.1. The van der Waals surface area contributed by atoms with Gasteiger partial charge in [0.05, 0.1) is 0 Å². The maximum atomic E-state index is 14.0. The second kappa shape index (κ2) is 18.0. The average Bonchev–Trinajstić information content (AvgIpc) is 3.18. The van der Waals surface area contributed by atoms with E-state index in [0.717, 1.165) is 0 Å². The van der Waals surface area contributed by atoms with Crippen LogP contribution in [0, 0.1) is 0 Å². The van der Waals surface area contributed by atoms with Gasteiger partial charge in [0.25, 0.3) is 0 Å². The Labute approximate surface area is 381 Å². The van der Waals surface area contributed by atoms with Crippen LogP contribution >= 0.6 is 0 Å². The Hall–Kier alpha value is -3.54. The lowest BCUT2D eigenvalue weighted by molar-refractivity contribution is -0.483. The quantitative estimate of drug-likeness (QED) is 0.0876. The fourth-order valence-electron chi connectivity index (χ4n) is 4.46. The van der Waals surface area contributed by atoms with E-state index >= 15 is 0 Å². The first-order valence-electron chi connectivity index (χ1n) is 16.2. The molecule has 0 N–H and O–H groups in total. The van der Waals surface area contributed by atoms with E-state index in [0.29, 0.717) is 0 Å². The minimum atomic E-state index is -10.3. The van der Waals surface area contributed by atoms with Crippen molar-refractivity contribution in [3.63, 3.8) is 0 Å². The molecule has 0 aromatic heterocycles. The van der Waals surface area contributed by atoms with Crippen molar-refractivity contribution in [1.82, 2.24) is 0 Å². The Balaban J connectivity index is 7.42. The highest BCUT2D eigenvalue weighted by molar-refractivity contribution is 5.22. The summed E-state index contributed by atoms with van der Waals surface area (Å²) in [6.07, 6.45) is -17.0. The highest BCUT2D eigenvalue weighted by Crippen LogP contribution is 2.70. The maximum absolute atomic E-state index is 14.0. The van der Waals surface area contributed by atoms with Crippen molar-refractivity contribution in [3.05, 3.63) is 0 Å². The number of ether oxygens (including phenoxy) is 1. The molecular weight excluding hydrogens is 1280 g/mol. The van der Waals surface area contributed by atoms with Gasteiger partial charge in [-0.1, -0.05) is 0 Å². The third-order valence-corrected chi connectivity index (χ3v) is 9.30. The molecule has 1 nitrogen and oxygen atoms in total. The fourth-order valence-corrected chi connectivity index (χ4v) is 4.46. The Bertz CT molecular complexity index is 1940. The summed E-state index contributed by atoms with van der Waals surface area (Å²) in [6.45, 7) is -10.4. The summed E-state index contributed by atoms with van der Waals surface area (Å²) in [7, 11) is 0. The van der Waals surface area contributed by atoms with E-state index in [1.165, 1.54) is 0 Å². The van der Waals surface area contributed by atoms with E-state index in [9.17, 15) is 220 Å². The van der Waals surface area contributed by atoms with E-state index < -0.39 is 156 Å². The van der Waals surface area contributed by atoms with Crippen LogP contribution in [-0.2, 0) is 4.74 Å². The molecule has 0 aromatic rings. The van der Waals surface area contributed by atoms with Crippen molar-refractivity contribution >= 4 is 0 Å². The van der Waals surface area contributed by atoms with Crippen molar-refractivity contribution in [2.75, 3.05) is 13.2 Å². The van der Waals surface area contributed by atoms with Crippen molar-refractivity contribution in [1.29, 1.82) is 0 Å². The van der Waals surface area contributed by atoms with Crippen molar-refractivity contribution < 1.29 is 224 Å². The molecule has 464 valence electrons. The van der Waals surface area contributed by atoms with E-state index in [2.05, 4.69) is 0 Å². The van der Waals surface area contributed by atoms with Crippen LogP contribution < -0.4 is 0 Å². The largest absolute Gasteiger partial charge is 0.460 e. The fraction of sp³-hybridized carbons (Fsp3) is 1.00. The minimum absolute atomic E-state index is 1.98. The molecule has 0 heterocycles. The van der Waals surface area contributed by atoms with Crippen LogP contribution in [-0.4, -0.2) is 156 Å². The molecule has 0 aliphatic heterocycles. The molecule has 0 bridgehead atoms. The summed E-state index contributed by atoms with van der Waals surface area (Å²) in [6, 6.07) is 0. The third kappa shape index (κ3) is 8.78. The highest BCUT2D eigenvalue weighted by Gasteiger charge is 3.02. The molecule has 0 saturated carbocycles. The first-order chi connectivity index (χ1) is 32.2. The van der Waals surface area contributed by atoms with Crippen LogP contribution in [0.15, 0.2) is 0 Å². The van der Waals surface area contributed by atoms with Crippen LogP contribution in [0.4, 0.5) is 220 Å². The second-order valence-electron chi connectivity index (χ2n) is 14.4. The number of halogens is 50. The van der Waals surface area contributed by atoms with Crippen LogP contribution in [0.3, 0.4) is 0 Å².